The number of quaternary nitrogens is 2. The number of rotatable bonds is 9. The first-order valence-electron chi connectivity index (χ1n) is 9.18. The van der Waals surface area contributed by atoms with Crippen molar-refractivity contribution in [3.8, 4) is 5.75 Å². The van der Waals surface area contributed by atoms with Gasteiger partial charge in [-0.2, -0.15) is 0 Å². The highest BCUT2D eigenvalue weighted by molar-refractivity contribution is 5.35. The Kier molecular flexibility index (Phi) is 7.99. The van der Waals surface area contributed by atoms with Crippen molar-refractivity contribution in [3.63, 3.8) is 0 Å². The highest BCUT2D eigenvalue weighted by Gasteiger charge is 2.22. The Balaban J connectivity index is 1.59. The van der Waals surface area contributed by atoms with E-state index in [-0.39, 0.29) is 6.10 Å². The number of benzene rings is 1. The number of hydrogen-bond donors (Lipinski definition) is 3. The smallest absolute Gasteiger partial charge is 0.127 e. The van der Waals surface area contributed by atoms with Gasteiger partial charge in [0.2, 0.25) is 0 Å². The molecule has 136 valence electrons. The summed E-state index contributed by atoms with van der Waals surface area (Å²) < 4.78 is 11.4. The molecule has 0 bridgehead atoms. The number of aliphatic hydroxyl groups excluding tert-OH is 1. The van der Waals surface area contributed by atoms with Crippen molar-refractivity contribution in [1.82, 2.24) is 0 Å². The Labute approximate surface area is 146 Å². The lowest BCUT2D eigenvalue weighted by atomic mass is 10.0. The van der Waals surface area contributed by atoms with Gasteiger partial charge in [0.05, 0.1) is 20.3 Å². The first-order chi connectivity index (χ1) is 11.6. The Bertz CT molecular complexity index is 473. The molecule has 0 aliphatic carbocycles. The second-order valence-electron chi connectivity index (χ2n) is 7.18. The summed E-state index contributed by atoms with van der Waals surface area (Å²) in [6.45, 7) is 11.2. The van der Waals surface area contributed by atoms with E-state index in [1.54, 1.807) is 4.90 Å². The molecule has 1 aromatic carbocycles. The fraction of sp³-hybridized carbons (Fsp3) is 0.684. The Morgan fingerprint density at radius 1 is 1.08 bits per heavy atom. The van der Waals surface area contributed by atoms with Gasteiger partial charge in [-0.15, -0.1) is 0 Å². The van der Waals surface area contributed by atoms with Crippen LogP contribution in [0.4, 0.5) is 0 Å². The van der Waals surface area contributed by atoms with Gasteiger partial charge in [0.15, 0.2) is 0 Å². The second-order valence-corrected chi connectivity index (χ2v) is 7.18. The molecule has 3 N–H and O–H groups in total. The van der Waals surface area contributed by atoms with Crippen LogP contribution in [0, 0.1) is 0 Å². The molecular formula is C19H34N2O3+2. The summed E-state index contributed by atoms with van der Waals surface area (Å²) in [6.07, 6.45) is -0.388. The Hall–Kier alpha value is -1.14. The highest BCUT2D eigenvalue weighted by atomic mass is 16.5. The van der Waals surface area contributed by atoms with Crippen molar-refractivity contribution in [3.05, 3.63) is 29.8 Å². The third-order valence-electron chi connectivity index (χ3n) is 4.67. The molecule has 1 heterocycles. The second kappa shape index (κ2) is 9.99. The van der Waals surface area contributed by atoms with Crippen LogP contribution in [0.5, 0.6) is 5.75 Å². The van der Waals surface area contributed by atoms with E-state index in [0.717, 1.165) is 25.4 Å². The number of ether oxygens (including phenoxy) is 2. The lowest BCUT2D eigenvalue weighted by Gasteiger charge is -2.28. The molecule has 0 aromatic heterocycles. The lowest BCUT2D eigenvalue weighted by Crippen LogP contribution is -3.27. The minimum absolute atomic E-state index is 0.388. The summed E-state index contributed by atoms with van der Waals surface area (Å²) in [5.74, 6) is 1.37. The monoisotopic (exact) mass is 338 g/mol. The van der Waals surface area contributed by atoms with Gasteiger partial charge in [-0.1, -0.05) is 32.0 Å². The van der Waals surface area contributed by atoms with Crippen molar-refractivity contribution in [2.45, 2.75) is 25.9 Å². The van der Waals surface area contributed by atoms with Crippen LogP contribution in [-0.2, 0) is 4.74 Å². The zero-order valence-corrected chi connectivity index (χ0v) is 15.4. The van der Waals surface area contributed by atoms with Crippen LogP contribution in [0.25, 0.3) is 0 Å². The molecular weight excluding hydrogens is 304 g/mol. The van der Waals surface area contributed by atoms with E-state index >= 15 is 0 Å². The predicted octanol–water partition coefficient (Wildman–Crippen LogP) is -1.02. The fourth-order valence-electron chi connectivity index (χ4n) is 3.15. The summed E-state index contributed by atoms with van der Waals surface area (Å²) in [7, 11) is 2.23. The number of nitrogens with one attached hydrogen (secondary N) is 2. The normalized spacial score (nSPS) is 22.5. The first-order valence-corrected chi connectivity index (χ1v) is 9.18. The molecule has 2 rings (SSSR count). The summed E-state index contributed by atoms with van der Waals surface area (Å²) >= 11 is 0. The van der Waals surface area contributed by atoms with Crippen molar-refractivity contribution in [1.29, 1.82) is 0 Å². The molecule has 0 unspecified atom stereocenters. The van der Waals surface area contributed by atoms with Gasteiger partial charge >= 0.3 is 0 Å². The summed E-state index contributed by atoms with van der Waals surface area (Å²) in [6, 6.07) is 8.14. The number of para-hydroxylation sites is 1. The Morgan fingerprint density at radius 3 is 2.50 bits per heavy atom. The van der Waals surface area contributed by atoms with Crippen molar-refractivity contribution in [2.24, 2.45) is 0 Å². The Morgan fingerprint density at radius 2 is 1.79 bits per heavy atom. The number of piperazine rings is 1. The lowest BCUT2D eigenvalue weighted by molar-refractivity contribution is -1.00. The molecule has 0 spiro atoms. The van der Waals surface area contributed by atoms with Gasteiger partial charge in [-0.25, -0.2) is 0 Å². The zero-order valence-electron chi connectivity index (χ0n) is 15.4. The average Bonchev–Trinajstić information content (AvgIpc) is 2.57. The number of likely N-dealkylation sites (N-methyl/N-ethyl adjacent to an activating group) is 1. The first kappa shape index (κ1) is 19.2. The van der Waals surface area contributed by atoms with E-state index in [2.05, 4.69) is 27.0 Å². The minimum Gasteiger partial charge on any atom is -0.491 e. The molecule has 1 aliphatic rings. The predicted molar refractivity (Wildman–Crippen MR) is 95.0 cm³/mol. The van der Waals surface area contributed by atoms with E-state index in [1.807, 2.05) is 18.2 Å². The van der Waals surface area contributed by atoms with Crippen molar-refractivity contribution < 1.29 is 24.4 Å². The van der Waals surface area contributed by atoms with Crippen LogP contribution >= 0.6 is 0 Å². The van der Waals surface area contributed by atoms with Gasteiger partial charge in [0.25, 0.3) is 0 Å². The van der Waals surface area contributed by atoms with Gasteiger partial charge in [0, 0.05) is 0 Å². The van der Waals surface area contributed by atoms with Crippen LogP contribution in [0.1, 0.15) is 25.3 Å². The molecule has 5 heteroatoms. The molecule has 5 nitrogen and oxygen atoms in total. The molecule has 0 saturated carbocycles. The van der Waals surface area contributed by atoms with Gasteiger partial charge in [-0.3, -0.25) is 0 Å². The quantitative estimate of drug-likeness (QED) is 0.505. The van der Waals surface area contributed by atoms with Gasteiger partial charge in [0.1, 0.15) is 51.2 Å². The van der Waals surface area contributed by atoms with E-state index in [1.165, 1.54) is 23.6 Å². The minimum atomic E-state index is -0.388. The average molecular weight is 338 g/mol. The van der Waals surface area contributed by atoms with Crippen LogP contribution in [0.15, 0.2) is 24.3 Å². The molecule has 24 heavy (non-hydrogen) atoms. The number of hydrogen-bond acceptors (Lipinski definition) is 3. The van der Waals surface area contributed by atoms with E-state index in [4.69, 9.17) is 9.47 Å². The van der Waals surface area contributed by atoms with E-state index < -0.39 is 0 Å². The topological polar surface area (TPSA) is 47.6 Å². The maximum absolute atomic E-state index is 10.1. The zero-order chi connectivity index (χ0) is 17.4. The maximum atomic E-state index is 10.1. The van der Waals surface area contributed by atoms with Crippen LogP contribution in [0.2, 0.25) is 0 Å². The van der Waals surface area contributed by atoms with Gasteiger partial charge < -0.3 is 24.4 Å². The molecule has 0 amide bonds. The molecule has 1 aliphatic heterocycles. The van der Waals surface area contributed by atoms with E-state index in [0.29, 0.717) is 25.7 Å². The summed E-state index contributed by atoms with van der Waals surface area (Å²) in [4.78, 5) is 3.07. The summed E-state index contributed by atoms with van der Waals surface area (Å²) in [5.41, 5.74) is 1.22. The third-order valence-corrected chi connectivity index (χ3v) is 4.67. The largest absolute Gasteiger partial charge is 0.491 e. The van der Waals surface area contributed by atoms with Crippen LogP contribution in [0.3, 0.4) is 0 Å². The van der Waals surface area contributed by atoms with Gasteiger partial charge in [-0.05, 0) is 17.5 Å². The summed E-state index contributed by atoms with van der Waals surface area (Å²) in [5, 5.41) is 10.1. The fourth-order valence-corrected chi connectivity index (χ4v) is 3.15. The molecule has 1 atom stereocenters. The maximum Gasteiger partial charge on any atom is 0.127 e. The highest BCUT2D eigenvalue weighted by Crippen LogP contribution is 2.25. The molecule has 1 fully saturated rings. The standard InChI is InChI=1S/C19H32N2O3/c1-16(2)18-6-4-5-7-19(18)24-13-12-23-15-17(22)14-21-10-8-20(3)9-11-21/h4-7,16-17,22H,8-15H2,1-3H3/p+2/t17-/m1/s1. The molecule has 0 radical (unpaired) electrons. The third kappa shape index (κ3) is 6.40. The number of aliphatic hydroxyl groups is 1. The van der Waals surface area contributed by atoms with Crippen molar-refractivity contribution >= 4 is 0 Å². The van der Waals surface area contributed by atoms with Crippen molar-refractivity contribution in [2.75, 3.05) is 59.6 Å². The molecule has 1 saturated heterocycles. The molecule has 1 aromatic rings. The van der Waals surface area contributed by atoms with E-state index in [9.17, 15) is 5.11 Å². The van der Waals surface area contributed by atoms with Crippen LogP contribution < -0.4 is 14.5 Å². The van der Waals surface area contributed by atoms with Crippen LogP contribution in [-0.4, -0.2) is 70.8 Å². The SMILES string of the molecule is CC(C)c1ccccc1OCCOC[C@H](O)C[NH+]1CC[NH+](C)CC1.